The van der Waals surface area contributed by atoms with E-state index >= 15 is 0 Å². The minimum Gasteiger partial charge on any atom is -0.366 e. The molecule has 0 aliphatic carbocycles. The highest BCUT2D eigenvalue weighted by atomic mass is 19.2. The van der Waals surface area contributed by atoms with Gasteiger partial charge in [-0.2, -0.15) is 0 Å². The smallest absolute Gasteiger partial charge is 0.249 e. The first kappa shape index (κ1) is 19.1. The Hall–Kier alpha value is -3.28. The second-order valence-corrected chi connectivity index (χ2v) is 7.36. The van der Waals surface area contributed by atoms with Gasteiger partial charge in [-0.05, 0) is 41.8 Å². The molecule has 0 aliphatic rings. The van der Waals surface area contributed by atoms with Crippen LogP contribution in [0.1, 0.15) is 41.3 Å². The van der Waals surface area contributed by atoms with Crippen molar-refractivity contribution in [2.75, 3.05) is 0 Å². The predicted molar refractivity (Wildman–Crippen MR) is 106 cm³/mol. The van der Waals surface area contributed by atoms with Crippen molar-refractivity contribution in [1.82, 2.24) is 4.57 Å². The van der Waals surface area contributed by atoms with Crippen LogP contribution >= 0.6 is 0 Å². The fourth-order valence-corrected chi connectivity index (χ4v) is 3.68. The zero-order chi connectivity index (χ0) is 20.9. The van der Waals surface area contributed by atoms with Crippen LogP contribution in [-0.2, 0) is 6.54 Å². The zero-order valence-corrected chi connectivity index (χ0v) is 15.9. The summed E-state index contributed by atoms with van der Waals surface area (Å²) in [6.07, 6.45) is 0. The lowest BCUT2D eigenvalue weighted by Crippen LogP contribution is -2.11. The standard InChI is InChI=1S/C23H18F3N2O/c1-12(2)13-6-7-16-20(9-13)28(11-14-8-15(24)10-18(25)22(14)26)19-5-3-4-17(21(16)19)23(27)29/h3-6,8-10,12H,11H2,1-2H3,(H2,27,29). The number of nitrogens with two attached hydrogens (primary N) is 1. The summed E-state index contributed by atoms with van der Waals surface area (Å²) in [5.74, 6) is -3.59. The van der Waals surface area contributed by atoms with Crippen LogP contribution in [0.3, 0.4) is 0 Å². The van der Waals surface area contributed by atoms with Gasteiger partial charge in [-0.1, -0.05) is 26.0 Å². The number of hydrogen-bond donors (Lipinski definition) is 1. The summed E-state index contributed by atoms with van der Waals surface area (Å²) < 4.78 is 43.6. The molecule has 4 aromatic rings. The Kier molecular flexibility index (Phi) is 4.57. The zero-order valence-electron chi connectivity index (χ0n) is 15.9. The van der Waals surface area contributed by atoms with Crippen molar-refractivity contribution in [1.29, 1.82) is 0 Å². The van der Waals surface area contributed by atoms with E-state index in [1.165, 1.54) is 0 Å². The minimum absolute atomic E-state index is 0.113. The summed E-state index contributed by atoms with van der Waals surface area (Å²) in [6.45, 7) is 3.94. The van der Waals surface area contributed by atoms with Crippen LogP contribution in [0.15, 0.2) is 42.5 Å². The molecule has 0 aliphatic heterocycles. The van der Waals surface area contributed by atoms with Crippen molar-refractivity contribution in [2.45, 2.75) is 26.3 Å². The molecular formula is C23H18F3N2O. The van der Waals surface area contributed by atoms with E-state index in [0.717, 1.165) is 11.6 Å². The van der Waals surface area contributed by atoms with Crippen molar-refractivity contribution in [3.05, 3.63) is 82.7 Å². The molecule has 147 valence electrons. The first-order valence-corrected chi connectivity index (χ1v) is 9.17. The lowest BCUT2D eigenvalue weighted by molar-refractivity contribution is 0.100. The maximum Gasteiger partial charge on any atom is 0.249 e. The van der Waals surface area contributed by atoms with Crippen LogP contribution in [0.25, 0.3) is 21.8 Å². The van der Waals surface area contributed by atoms with Crippen molar-refractivity contribution in [2.24, 2.45) is 5.73 Å². The fourth-order valence-electron chi connectivity index (χ4n) is 3.68. The molecule has 1 heterocycles. The van der Waals surface area contributed by atoms with Crippen LogP contribution < -0.4 is 5.73 Å². The van der Waals surface area contributed by atoms with Gasteiger partial charge in [0.05, 0.1) is 17.6 Å². The van der Waals surface area contributed by atoms with Gasteiger partial charge < -0.3 is 10.3 Å². The topological polar surface area (TPSA) is 48.0 Å². The van der Waals surface area contributed by atoms with Crippen molar-refractivity contribution >= 4 is 27.7 Å². The fraction of sp³-hybridized carbons (Fsp3) is 0.174. The Bertz CT molecular complexity index is 1270. The molecule has 0 atom stereocenters. The van der Waals surface area contributed by atoms with E-state index in [-0.39, 0.29) is 18.0 Å². The van der Waals surface area contributed by atoms with E-state index in [1.807, 2.05) is 26.0 Å². The molecule has 3 aromatic carbocycles. The summed E-state index contributed by atoms with van der Waals surface area (Å²) in [5.41, 5.74) is 8.03. The maximum absolute atomic E-state index is 14.4. The van der Waals surface area contributed by atoms with Gasteiger partial charge >= 0.3 is 0 Å². The summed E-state index contributed by atoms with van der Waals surface area (Å²) in [7, 11) is 0. The van der Waals surface area contributed by atoms with E-state index in [1.54, 1.807) is 22.8 Å². The number of amides is 1. The second kappa shape index (κ2) is 6.95. The number of nitrogens with zero attached hydrogens (tertiary/aromatic N) is 1. The average Bonchev–Trinajstić information content (AvgIpc) is 2.98. The number of carbonyl (C=O) groups is 1. The van der Waals surface area contributed by atoms with Gasteiger partial charge in [-0.25, -0.2) is 13.2 Å². The predicted octanol–water partition coefficient (Wildman–Crippen LogP) is 5.28. The molecule has 0 saturated heterocycles. The normalized spacial score (nSPS) is 11.7. The van der Waals surface area contributed by atoms with Gasteiger partial charge in [0.1, 0.15) is 5.82 Å². The van der Waals surface area contributed by atoms with E-state index in [9.17, 15) is 18.0 Å². The Balaban J connectivity index is 2.07. The van der Waals surface area contributed by atoms with Crippen molar-refractivity contribution in [3.63, 3.8) is 0 Å². The van der Waals surface area contributed by atoms with Crippen LogP contribution in [0.5, 0.6) is 0 Å². The average molecular weight is 395 g/mol. The van der Waals surface area contributed by atoms with Gasteiger partial charge in [-0.3, -0.25) is 4.79 Å². The van der Waals surface area contributed by atoms with Crippen molar-refractivity contribution < 1.29 is 18.0 Å². The molecule has 6 heteroatoms. The van der Waals surface area contributed by atoms with Gasteiger partial charge in [0.15, 0.2) is 11.6 Å². The van der Waals surface area contributed by atoms with E-state index < -0.39 is 23.4 Å². The number of carbonyl (C=O) groups excluding carboxylic acids is 1. The second-order valence-electron chi connectivity index (χ2n) is 7.36. The SMILES string of the molecule is CC(C)c1c[c]c2c3c(C(N)=O)cccc3n(Cc3cc(F)cc(F)c3F)c2c1. The molecule has 0 unspecified atom stereocenters. The maximum atomic E-state index is 14.4. The van der Waals surface area contributed by atoms with Gasteiger partial charge in [0.25, 0.3) is 0 Å². The quantitative estimate of drug-likeness (QED) is 0.470. The van der Waals surface area contributed by atoms with Gasteiger partial charge in [-0.15, -0.1) is 0 Å². The summed E-state index contributed by atoms with van der Waals surface area (Å²) in [4.78, 5) is 12.0. The first-order chi connectivity index (χ1) is 13.8. The lowest BCUT2D eigenvalue weighted by atomic mass is 10.00. The highest BCUT2D eigenvalue weighted by Gasteiger charge is 2.19. The lowest BCUT2D eigenvalue weighted by Gasteiger charge is -2.11. The van der Waals surface area contributed by atoms with Gasteiger partial charge in [0.2, 0.25) is 5.91 Å². The van der Waals surface area contributed by atoms with Crippen LogP contribution in [0, 0.1) is 23.5 Å². The molecule has 0 fully saturated rings. The third kappa shape index (κ3) is 3.14. The number of hydrogen-bond acceptors (Lipinski definition) is 1. The third-order valence-corrected chi connectivity index (χ3v) is 5.15. The number of halogens is 3. The molecule has 1 amide bonds. The van der Waals surface area contributed by atoms with Crippen LogP contribution in [0.2, 0.25) is 0 Å². The van der Waals surface area contributed by atoms with Crippen molar-refractivity contribution in [3.8, 4) is 0 Å². The van der Waals surface area contributed by atoms with E-state index in [0.29, 0.717) is 33.4 Å². The Morgan fingerprint density at radius 2 is 1.90 bits per heavy atom. The molecule has 29 heavy (non-hydrogen) atoms. The van der Waals surface area contributed by atoms with E-state index in [2.05, 4.69) is 6.07 Å². The molecule has 3 nitrogen and oxygen atoms in total. The molecular weight excluding hydrogens is 377 g/mol. The summed E-state index contributed by atoms with van der Waals surface area (Å²) in [6, 6.07) is 13.5. The Labute approximate surface area is 165 Å². The number of benzene rings is 3. The Morgan fingerprint density at radius 1 is 1.14 bits per heavy atom. The molecule has 1 aromatic heterocycles. The molecule has 1 radical (unpaired) electrons. The third-order valence-electron chi connectivity index (χ3n) is 5.15. The molecule has 2 N–H and O–H groups in total. The number of fused-ring (bicyclic) bond motifs is 3. The highest BCUT2D eigenvalue weighted by Crippen LogP contribution is 2.34. The number of aromatic nitrogens is 1. The summed E-state index contributed by atoms with van der Waals surface area (Å²) >= 11 is 0. The molecule has 0 bridgehead atoms. The van der Waals surface area contributed by atoms with Crippen LogP contribution in [0.4, 0.5) is 13.2 Å². The molecule has 4 rings (SSSR count). The monoisotopic (exact) mass is 395 g/mol. The number of rotatable bonds is 4. The first-order valence-electron chi connectivity index (χ1n) is 9.17. The molecule has 0 saturated carbocycles. The van der Waals surface area contributed by atoms with Gasteiger partial charge in [0, 0.05) is 28.0 Å². The summed E-state index contributed by atoms with van der Waals surface area (Å²) in [5, 5.41) is 1.23. The minimum atomic E-state index is -1.24. The highest BCUT2D eigenvalue weighted by molar-refractivity contribution is 6.17. The molecule has 0 spiro atoms. The Morgan fingerprint density at radius 3 is 2.59 bits per heavy atom. The van der Waals surface area contributed by atoms with E-state index in [4.69, 9.17) is 5.73 Å². The van der Waals surface area contributed by atoms with Crippen LogP contribution in [-0.4, -0.2) is 10.5 Å². The largest absolute Gasteiger partial charge is 0.366 e. The number of primary amides is 1.